The van der Waals surface area contributed by atoms with E-state index in [1.54, 1.807) is 0 Å². The van der Waals surface area contributed by atoms with Crippen molar-refractivity contribution < 1.29 is 14.3 Å². The molecule has 3 nitrogen and oxygen atoms in total. The van der Waals surface area contributed by atoms with Crippen LogP contribution in [0.25, 0.3) is 0 Å². The van der Waals surface area contributed by atoms with E-state index in [4.69, 9.17) is 9.47 Å². The van der Waals surface area contributed by atoms with E-state index in [9.17, 15) is 4.79 Å². The van der Waals surface area contributed by atoms with Gasteiger partial charge in [-0.3, -0.25) is 4.79 Å². The van der Waals surface area contributed by atoms with Crippen molar-refractivity contribution in [2.75, 3.05) is 6.61 Å². The normalized spacial score (nSPS) is 19.7. The highest BCUT2D eigenvalue weighted by molar-refractivity contribution is 6.02. The molecule has 0 aromatic heterocycles. The Balaban J connectivity index is 1.54. The molecule has 1 unspecified atom stereocenters. The molecular formula is C18H16O3. The van der Waals surface area contributed by atoms with Crippen LogP contribution in [0.5, 0.6) is 11.5 Å². The Bertz CT molecular complexity index is 671. The van der Waals surface area contributed by atoms with Gasteiger partial charge in [0.1, 0.15) is 18.1 Å². The first-order chi connectivity index (χ1) is 10.3. The van der Waals surface area contributed by atoms with Crippen molar-refractivity contribution in [3.8, 4) is 11.5 Å². The first-order valence-electron chi connectivity index (χ1n) is 7.34. The number of rotatable bonds is 4. The van der Waals surface area contributed by atoms with Crippen LogP contribution in [-0.2, 0) is 0 Å². The van der Waals surface area contributed by atoms with Crippen LogP contribution in [-0.4, -0.2) is 18.5 Å². The third-order valence-corrected chi connectivity index (χ3v) is 3.98. The molecule has 0 saturated heterocycles. The zero-order valence-corrected chi connectivity index (χ0v) is 11.6. The number of ether oxygens (including phenoxy) is 2. The Hall–Kier alpha value is -2.29. The Labute approximate surface area is 123 Å². The number of benzene rings is 2. The number of carbonyl (C=O) groups is 1. The lowest BCUT2D eigenvalue weighted by Crippen LogP contribution is -2.14. The van der Waals surface area contributed by atoms with Gasteiger partial charge in [-0.25, -0.2) is 0 Å². The van der Waals surface area contributed by atoms with E-state index in [0.29, 0.717) is 18.3 Å². The molecule has 0 radical (unpaired) electrons. The van der Waals surface area contributed by atoms with E-state index in [2.05, 4.69) is 0 Å². The maximum Gasteiger partial charge on any atom is 0.173 e. The number of para-hydroxylation sites is 1. The highest BCUT2D eigenvalue weighted by Gasteiger charge is 2.30. The van der Waals surface area contributed by atoms with Gasteiger partial charge >= 0.3 is 0 Å². The molecule has 1 heterocycles. The van der Waals surface area contributed by atoms with E-state index >= 15 is 0 Å². The maximum atomic E-state index is 12.6. The molecular weight excluding hydrogens is 264 g/mol. The number of carbonyl (C=O) groups excluding carboxylic acids is 1. The Morgan fingerprint density at radius 2 is 1.81 bits per heavy atom. The van der Waals surface area contributed by atoms with Gasteiger partial charge in [0, 0.05) is 11.1 Å². The third-order valence-electron chi connectivity index (χ3n) is 3.98. The topological polar surface area (TPSA) is 35.5 Å². The lowest BCUT2D eigenvalue weighted by atomic mass is 9.92. The van der Waals surface area contributed by atoms with Gasteiger partial charge in [0.15, 0.2) is 5.78 Å². The Kier molecular flexibility index (Phi) is 2.92. The van der Waals surface area contributed by atoms with Gasteiger partial charge in [-0.05, 0) is 43.2 Å². The van der Waals surface area contributed by atoms with E-state index in [0.717, 1.165) is 29.9 Å². The minimum absolute atomic E-state index is 0.109. The van der Waals surface area contributed by atoms with Crippen molar-refractivity contribution in [1.82, 2.24) is 0 Å². The minimum Gasteiger partial charge on any atom is -0.492 e. The second-order valence-electron chi connectivity index (χ2n) is 5.61. The van der Waals surface area contributed by atoms with Gasteiger partial charge in [-0.2, -0.15) is 0 Å². The first-order valence-corrected chi connectivity index (χ1v) is 7.34. The molecule has 0 N–H and O–H groups in total. The molecule has 1 atom stereocenters. The largest absolute Gasteiger partial charge is 0.492 e. The average Bonchev–Trinajstić information content (AvgIpc) is 3.23. The van der Waals surface area contributed by atoms with Gasteiger partial charge in [0.05, 0.1) is 12.0 Å². The molecule has 0 spiro atoms. The summed E-state index contributed by atoms with van der Waals surface area (Å²) >= 11 is 0. The summed E-state index contributed by atoms with van der Waals surface area (Å²) in [7, 11) is 0. The van der Waals surface area contributed by atoms with Gasteiger partial charge in [0.25, 0.3) is 0 Å². The highest BCUT2D eigenvalue weighted by atomic mass is 16.5. The van der Waals surface area contributed by atoms with E-state index in [-0.39, 0.29) is 11.7 Å². The van der Waals surface area contributed by atoms with Gasteiger partial charge in [-0.15, -0.1) is 0 Å². The molecule has 21 heavy (non-hydrogen) atoms. The molecule has 4 rings (SSSR count). The van der Waals surface area contributed by atoms with Crippen LogP contribution in [0.1, 0.15) is 34.7 Å². The van der Waals surface area contributed by atoms with Crippen molar-refractivity contribution in [2.24, 2.45) is 0 Å². The summed E-state index contributed by atoms with van der Waals surface area (Å²) in [5.74, 6) is 1.58. The van der Waals surface area contributed by atoms with E-state index in [1.165, 1.54) is 0 Å². The SMILES string of the molecule is O=C(c1ccc(OC2CC2)cc1)C1COc2ccccc21. The summed E-state index contributed by atoms with van der Waals surface area (Å²) in [5, 5.41) is 0. The van der Waals surface area contributed by atoms with Crippen LogP contribution in [0.4, 0.5) is 0 Å². The summed E-state index contributed by atoms with van der Waals surface area (Å²) in [5.41, 5.74) is 1.70. The Morgan fingerprint density at radius 3 is 2.57 bits per heavy atom. The van der Waals surface area contributed by atoms with Crippen molar-refractivity contribution in [3.05, 3.63) is 59.7 Å². The predicted molar refractivity (Wildman–Crippen MR) is 79.1 cm³/mol. The molecule has 1 fully saturated rings. The molecule has 0 amide bonds. The van der Waals surface area contributed by atoms with E-state index in [1.807, 2.05) is 48.5 Å². The number of fused-ring (bicyclic) bond motifs is 1. The summed E-state index contributed by atoms with van der Waals surface area (Å²) in [6.07, 6.45) is 2.65. The van der Waals surface area contributed by atoms with Crippen molar-refractivity contribution in [3.63, 3.8) is 0 Å². The summed E-state index contributed by atoms with van der Waals surface area (Å²) in [4.78, 5) is 12.6. The fraction of sp³-hybridized carbons (Fsp3) is 0.278. The quantitative estimate of drug-likeness (QED) is 0.803. The predicted octanol–water partition coefficient (Wildman–Crippen LogP) is 3.59. The molecule has 2 aromatic rings. The van der Waals surface area contributed by atoms with Crippen LogP contribution in [0.15, 0.2) is 48.5 Å². The second kappa shape index (κ2) is 4.92. The summed E-state index contributed by atoms with van der Waals surface area (Å²) in [6.45, 7) is 0.429. The fourth-order valence-electron chi connectivity index (χ4n) is 2.66. The van der Waals surface area contributed by atoms with Gasteiger partial charge in [-0.1, -0.05) is 18.2 Å². The Morgan fingerprint density at radius 1 is 1.05 bits per heavy atom. The lowest BCUT2D eigenvalue weighted by molar-refractivity contribution is 0.0947. The monoisotopic (exact) mass is 280 g/mol. The molecule has 1 aliphatic heterocycles. The van der Waals surface area contributed by atoms with Crippen LogP contribution >= 0.6 is 0 Å². The van der Waals surface area contributed by atoms with Crippen LogP contribution in [0.3, 0.4) is 0 Å². The summed E-state index contributed by atoms with van der Waals surface area (Å²) in [6, 6.07) is 15.2. The molecule has 3 heteroatoms. The second-order valence-corrected chi connectivity index (χ2v) is 5.61. The van der Waals surface area contributed by atoms with Crippen molar-refractivity contribution in [2.45, 2.75) is 24.9 Å². The molecule has 2 aliphatic rings. The minimum atomic E-state index is -0.198. The van der Waals surface area contributed by atoms with Crippen LogP contribution < -0.4 is 9.47 Å². The number of Topliss-reactive ketones (excluding diaryl/α,β-unsaturated/α-hetero) is 1. The maximum absolute atomic E-state index is 12.6. The number of hydrogen-bond acceptors (Lipinski definition) is 3. The zero-order chi connectivity index (χ0) is 14.2. The average molecular weight is 280 g/mol. The third kappa shape index (κ3) is 2.40. The molecule has 106 valence electrons. The molecule has 1 saturated carbocycles. The van der Waals surface area contributed by atoms with Crippen LogP contribution in [0.2, 0.25) is 0 Å². The number of ketones is 1. The van der Waals surface area contributed by atoms with Gasteiger partial charge in [0.2, 0.25) is 0 Å². The standard InChI is InChI=1S/C18H16O3/c19-18(16-11-20-17-4-2-1-3-15(16)17)12-5-7-13(8-6-12)21-14-9-10-14/h1-8,14,16H,9-11H2. The van der Waals surface area contributed by atoms with Crippen LogP contribution in [0, 0.1) is 0 Å². The van der Waals surface area contributed by atoms with Crippen molar-refractivity contribution in [1.29, 1.82) is 0 Å². The highest BCUT2D eigenvalue weighted by Crippen LogP contribution is 2.36. The molecule has 0 bridgehead atoms. The zero-order valence-electron chi connectivity index (χ0n) is 11.6. The van der Waals surface area contributed by atoms with E-state index < -0.39 is 0 Å². The van der Waals surface area contributed by atoms with Crippen molar-refractivity contribution >= 4 is 5.78 Å². The molecule has 2 aromatic carbocycles. The number of hydrogen-bond donors (Lipinski definition) is 0. The van der Waals surface area contributed by atoms with Gasteiger partial charge < -0.3 is 9.47 Å². The fourth-order valence-corrected chi connectivity index (χ4v) is 2.66. The smallest absolute Gasteiger partial charge is 0.173 e. The lowest BCUT2D eigenvalue weighted by Gasteiger charge is -2.09. The summed E-state index contributed by atoms with van der Waals surface area (Å²) < 4.78 is 11.3. The first kappa shape index (κ1) is 12.5. The molecule has 1 aliphatic carbocycles.